The van der Waals surface area contributed by atoms with E-state index in [0.717, 1.165) is 31.0 Å². The van der Waals surface area contributed by atoms with E-state index in [4.69, 9.17) is 0 Å². The molecule has 1 aromatic carbocycles. The van der Waals surface area contributed by atoms with Crippen molar-refractivity contribution in [3.8, 4) is 0 Å². The van der Waals surface area contributed by atoms with Crippen LogP contribution in [0.25, 0.3) is 0 Å². The van der Waals surface area contributed by atoms with Crippen LogP contribution in [-0.2, 0) is 17.5 Å². The predicted molar refractivity (Wildman–Crippen MR) is 72.3 cm³/mol. The fraction of sp³-hybridized carbons (Fsp3) is 0.562. The number of nitrogens with zero attached hydrogens (tertiary/aromatic N) is 1. The molecule has 2 fully saturated rings. The molecule has 22 heavy (non-hydrogen) atoms. The van der Waals surface area contributed by atoms with Crippen LogP contribution < -0.4 is 0 Å². The first-order valence-electron chi connectivity index (χ1n) is 7.32. The third-order valence-corrected chi connectivity index (χ3v) is 4.76. The molecule has 0 aromatic heterocycles. The Hall–Kier alpha value is -1.59. The van der Waals surface area contributed by atoms with Gasteiger partial charge in [0.2, 0.25) is 5.91 Å². The van der Waals surface area contributed by atoms with Crippen molar-refractivity contribution in [1.29, 1.82) is 0 Å². The standard InChI is InChI=1S/C16H17F4NO/c1-15(11-2-3-11)7-14(22)21(9-15)8-10-6-12(17)4-5-13(10)16(18,19)20/h4-6,11H,2-3,7-9H2,1H3. The molecule has 1 unspecified atom stereocenters. The molecule has 0 radical (unpaired) electrons. The number of carbonyl (C=O) groups is 1. The van der Waals surface area contributed by atoms with E-state index >= 15 is 0 Å². The minimum Gasteiger partial charge on any atom is -0.338 e. The molecule has 1 saturated carbocycles. The van der Waals surface area contributed by atoms with Gasteiger partial charge in [0.25, 0.3) is 0 Å². The van der Waals surface area contributed by atoms with Crippen molar-refractivity contribution in [2.75, 3.05) is 6.54 Å². The van der Waals surface area contributed by atoms with Crippen LogP contribution in [0.2, 0.25) is 0 Å². The fourth-order valence-electron chi connectivity index (χ4n) is 3.41. The Balaban J connectivity index is 1.84. The number of hydrogen-bond acceptors (Lipinski definition) is 1. The monoisotopic (exact) mass is 315 g/mol. The van der Waals surface area contributed by atoms with Gasteiger partial charge in [0.1, 0.15) is 5.82 Å². The van der Waals surface area contributed by atoms with Crippen LogP contribution in [-0.4, -0.2) is 17.4 Å². The first-order valence-corrected chi connectivity index (χ1v) is 7.32. The number of benzene rings is 1. The zero-order chi connectivity index (χ0) is 16.1. The largest absolute Gasteiger partial charge is 0.416 e. The summed E-state index contributed by atoms with van der Waals surface area (Å²) >= 11 is 0. The van der Waals surface area contributed by atoms with E-state index in [9.17, 15) is 22.4 Å². The van der Waals surface area contributed by atoms with Crippen LogP contribution in [0.4, 0.5) is 17.6 Å². The minimum atomic E-state index is -4.55. The molecule has 3 rings (SSSR count). The van der Waals surface area contributed by atoms with Gasteiger partial charge >= 0.3 is 6.18 Å². The Kier molecular flexibility index (Phi) is 3.45. The third-order valence-electron chi connectivity index (χ3n) is 4.76. The summed E-state index contributed by atoms with van der Waals surface area (Å²) in [5, 5.41) is 0. The van der Waals surface area contributed by atoms with Gasteiger partial charge in [-0.3, -0.25) is 4.79 Å². The van der Waals surface area contributed by atoms with E-state index in [1.807, 2.05) is 6.92 Å². The second-order valence-corrected chi connectivity index (χ2v) is 6.65. The molecule has 1 heterocycles. The normalized spacial score (nSPS) is 25.9. The molecule has 0 spiro atoms. The Bertz CT molecular complexity index is 609. The summed E-state index contributed by atoms with van der Waals surface area (Å²) in [4.78, 5) is 13.6. The third kappa shape index (κ3) is 2.83. The molecule has 2 nitrogen and oxygen atoms in total. The van der Waals surface area contributed by atoms with Crippen molar-refractivity contribution in [3.05, 3.63) is 35.1 Å². The van der Waals surface area contributed by atoms with Crippen LogP contribution in [0, 0.1) is 17.2 Å². The van der Waals surface area contributed by atoms with Crippen molar-refractivity contribution in [2.45, 2.75) is 38.9 Å². The van der Waals surface area contributed by atoms with E-state index in [-0.39, 0.29) is 23.4 Å². The molecule has 1 aromatic rings. The zero-order valence-corrected chi connectivity index (χ0v) is 12.2. The van der Waals surface area contributed by atoms with Crippen LogP contribution in [0.15, 0.2) is 18.2 Å². The van der Waals surface area contributed by atoms with Gasteiger partial charge in [-0.1, -0.05) is 6.92 Å². The molecule has 6 heteroatoms. The van der Waals surface area contributed by atoms with Gasteiger partial charge in [0.05, 0.1) is 5.56 Å². The minimum absolute atomic E-state index is 0.146. The topological polar surface area (TPSA) is 20.3 Å². The summed E-state index contributed by atoms with van der Waals surface area (Å²) in [6.45, 7) is 2.27. The van der Waals surface area contributed by atoms with Crippen LogP contribution in [0.5, 0.6) is 0 Å². The van der Waals surface area contributed by atoms with Gasteiger partial charge in [-0.2, -0.15) is 13.2 Å². The number of alkyl halides is 3. The highest BCUT2D eigenvalue weighted by atomic mass is 19.4. The molecular formula is C16H17F4NO. The summed E-state index contributed by atoms with van der Waals surface area (Å²) in [6, 6.07) is 2.42. The lowest BCUT2D eigenvalue weighted by molar-refractivity contribution is -0.139. The highest BCUT2D eigenvalue weighted by molar-refractivity contribution is 5.79. The maximum atomic E-state index is 13.3. The van der Waals surface area contributed by atoms with Gasteiger partial charge in [-0.25, -0.2) is 4.39 Å². The van der Waals surface area contributed by atoms with E-state index in [2.05, 4.69) is 0 Å². The SMILES string of the molecule is CC1(C2CC2)CC(=O)N(Cc2cc(F)ccc2C(F)(F)F)C1. The Labute approximate surface area is 126 Å². The number of hydrogen-bond donors (Lipinski definition) is 0. The average Bonchev–Trinajstić information content (AvgIpc) is 3.17. The lowest BCUT2D eigenvalue weighted by atomic mass is 9.84. The number of amides is 1. The quantitative estimate of drug-likeness (QED) is 0.772. The zero-order valence-electron chi connectivity index (χ0n) is 12.2. The van der Waals surface area contributed by atoms with Gasteiger partial charge in [-0.15, -0.1) is 0 Å². The average molecular weight is 315 g/mol. The van der Waals surface area contributed by atoms with E-state index in [1.165, 1.54) is 4.90 Å². The summed E-state index contributed by atoms with van der Waals surface area (Å²) < 4.78 is 52.4. The van der Waals surface area contributed by atoms with Crippen LogP contribution in [0.3, 0.4) is 0 Å². The summed E-state index contributed by atoms with van der Waals surface area (Å²) in [6.07, 6.45) is -2.03. The van der Waals surface area contributed by atoms with Gasteiger partial charge in [0.15, 0.2) is 0 Å². The molecule has 120 valence electrons. The molecule has 0 N–H and O–H groups in total. The summed E-state index contributed by atoms with van der Waals surface area (Å²) in [5.74, 6) is -0.387. The molecule has 1 aliphatic carbocycles. The molecule has 1 saturated heterocycles. The Morgan fingerprint density at radius 3 is 2.59 bits per heavy atom. The van der Waals surface area contributed by atoms with Crippen LogP contribution in [0.1, 0.15) is 37.3 Å². The number of rotatable bonds is 3. The van der Waals surface area contributed by atoms with Crippen molar-refractivity contribution < 1.29 is 22.4 Å². The van der Waals surface area contributed by atoms with Crippen molar-refractivity contribution in [3.63, 3.8) is 0 Å². The number of halogens is 4. The van der Waals surface area contributed by atoms with Crippen molar-refractivity contribution >= 4 is 5.91 Å². The van der Waals surface area contributed by atoms with E-state index in [0.29, 0.717) is 18.9 Å². The number of carbonyl (C=O) groups excluding carboxylic acids is 1. The smallest absolute Gasteiger partial charge is 0.338 e. The predicted octanol–water partition coefficient (Wildman–Crippen LogP) is 3.99. The molecule has 2 aliphatic rings. The molecular weight excluding hydrogens is 298 g/mol. The Morgan fingerprint density at radius 2 is 2.00 bits per heavy atom. The first-order chi connectivity index (χ1) is 10.2. The molecule has 1 aliphatic heterocycles. The first kappa shape index (κ1) is 15.3. The maximum Gasteiger partial charge on any atom is 0.416 e. The summed E-state index contributed by atoms with van der Waals surface area (Å²) in [7, 11) is 0. The van der Waals surface area contributed by atoms with E-state index in [1.54, 1.807) is 0 Å². The lowest BCUT2D eigenvalue weighted by Crippen LogP contribution is -2.29. The van der Waals surface area contributed by atoms with E-state index < -0.39 is 17.6 Å². The number of likely N-dealkylation sites (tertiary alicyclic amines) is 1. The van der Waals surface area contributed by atoms with Gasteiger partial charge < -0.3 is 4.90 Å². The Morgan fingerprint density at radius 1 is 1.32 bits per heavy atom. The highest BCUT2D eigenvalue weighted by Crippen LogP contribution is 2.51. The lowest BCUT2D eigenvalue weighted by Gasteiger charge is -2.24. The summed E-state index contributed by atoms with van der Waals surface area (Å²) in [5.41, 5.74) is -1.20. The van der Waals surface area contributed by atoms with Crippen molar-refractivity contribution in [1.82, 2.24) is 4.90 Å². The van der Waals surface area contributed by atoms with Crippen LogP contribution >= 0.6 is 0 Å². The van der Waals surface area contributed by atoms with Gasteiger partial charge in [0, 0.05) is 19.5 Å². The molecule has 1 amide bonds. The second kappa shape index (κ2) is 4.96. The second-order valence-electron chi connectivity index (χ2n) is 6.65. The molecule has 1 atom stereocenters. The van der Waals surface area contributed by atoms with Crippen molar-refractivity contribution in [2.24, 2.45) is 11.3 Å². The maximum absolute atomic E-state index is 13.3. The van der Waals surface area contributed by atoms with Gasteiger partial charge in [-0.05, 0) is 47.9 Å². The fourth-order valence-corrected chi connectivity index (χ4v) is 3.41. The molecule has 0 bridgehead atoms. The highest BCUT2D eigenvalue weighted by Gasteiger charge is 2.49.